The number of carbonyl (C=O) groups is 2. The van der Waals surface area contributed by atoms with Crippen LogP contribution in [-0.2, 0) is 9.59 Å². The average molecular weight is 332 g/mol. The fourth-order valence-corrected chi connectivity index (χ4v) is 5.78. The van der Waals surface area contributed by atoms with Crippen LogP contribution in [0.3, 0.4) is 0 Å². The maximum atomic E-state index is 12.7. The van der Waals surface area contributed by atoms with Gasteiger partial charge in [-0.2, -0.15) is 0 Å². The molecular weight excluding hydrogens is 300 g/mol. The van der Waals surface area contributed by atoms with Gasteiger partial charge >= 0.3 is 0 Å². The lowest BCUT2D eigenvalue weighted by Gasteiger charge is -2.52. The lowest BCUT2D eigenvalue weighted by molar-refractivity contribution is -0.148. The van der Waals surface area contributed by atoms with Crippen molar-refractivity contribution in [1.82, 2.24) is 9.80 Å². The Labute approximate surface area is 145 Å². The molecule has 0 aromatic carbocycles. The number of amides is 2. The van der Waals surface area contributed by atoms with Crippen molar-refractivity contribution >= 4 is 11.8 Å². The molecule has 1 aliphatic carbocycles. The van der Waals surface area contributed by atoms with Crippen LogP contribution in [0.5, 0.6) is 0 Å². The molecule has 3 atom stereocenters. The third-order valence-corrected chi connectivity index (χ3v) is 7.02. The zero-order valence-corrected chi connectivity index (χ0v) is 14.9. The minimum absolute atomic E-state index is 0.359. The van der Waals surface area contributed by atoms with Crippen LogP contribution >= 0.6 is 0 Å². The maximum absolute atomic E-state index is 12.7. The van der Waals surface area contributed by atoms with Crippen LogP contribution in [0.25, 0.3) is 0 Å². The molecule has 0 unspecified atom stereocenters. The summed E-state index contributed by atoms with van der Waals surface area (Å²) in [5.41, 5.74) is 0. The maximum Gasteiger partial charge on any atom is 0.222 e. The predicted octanol–water partition coefficient (Wildman–Crippen LogP) is 3.21. The Bertz CT molecular complexity index is 486. The molecule has 3 heterocycles. The number of nitrogens with zero attached hydrogens (tertiary/aromatic N) is 2. The molecule has 4 heteroatoms. The zero-order valence-electron chi connectivity index (χ0n) is 14.9. The fraction of sp³-hybridized carbons (Fsp3) is 0.900. The van der Waals surface area contributed by atoms with Gasteiger partial charge in [-0.15, -0.1) is 0 Å². The highest BCUT2D eigenvalue weighted by molar-refractivity contribution is 5.78. The summed E-state index contributed by atoms with van der Waals surface area (Å²) in [7, 11) is 0. The summed E-state index contributed by atoms with van der Waals surface area (Å²) in [6.07, 6.45) is 12.8. The molecule has 0 N–H and O–H groups in total. The molecule has 4 nitrogen and oxygen atoms in total. The van der Waals surface area contributed by atoms with E-state index in [1.807, 2.05) is 0 Å². The molecular formula is C20H32N2O2. The highest BCUT2D eigenvalue weighted by Crippen LogP contribution is 2.38. The summed E-state index contributed by atoms with van der Waals surface area (Å²) in [6.45, 7) is 2.68. The molecule has 3 saturated heterocycles. The van der Waals surface area contributed by atoms with Crippen molar-refractivity contribution in [1.29, 1.82) is 0 Å². The van der Waals surface area contributed by atoms with Gasteiger partial charge in [0.1, 0.15) is 0 Å². The number of rotatable bonds is 3. The van der Waals surface area contributed by atoms with Gasteiger partial charge in [-0.3, -0.25) is 9.59 Å². The van der Waals surface area contributed by atoms with E-state index in [0.29, 0.717) is 29.7 Å². The lowest BCUT2D eigenvalue weighted by Crippen LogP contribution is -2.61. The average Bonchev–Trinajstić information content (AvgIpc) is 2.61. The van der Waals surface area contributed by atoms with E-state index < -0.39 is 0 Å². The van der Waals surface area contributed by atoms with Gasteiger partial charge in [0.2, 0.25) is 11.8 Å². The highest BCUT2D eigenvalue weighted by Gasteiger charge is 2.44. The van der Waals surface area contributed by atoms with Crippen molar-refractivity contribution in [3.05, 3.63) is 0 Å². The van der Waals surface area contributed by atoms with E-state index in [4.69, 9.17) is 0 Å². The van der Waals surface area contributed by atoms with Gasteiger partial charge < -0.3 is 9.80 Å². The van der Waals surface area contributed by atoms with Crippen LogP contribution in [0, 0.1) is 17.8 Å². The minimum Gasteiger partial charge on any atom is -0.342 e. The quantitative estimate of drug-likeness (QED) is 0.796. The lowest BCUT2D eigenvalue weighted by atomic mass is 9.76. The third-order valence-electron chi connectivity index (χ3n) is 7.02. The molecule has 0 spiro atoms. The number of hydrogen-bond donors (Lipinski definition) is 0. The second kappa shape index (κ2) is 7.05. The monoisotopic (exact) mass is 332 g/mol. The summed E-state index contributed by atoms with van der Waals surface area (Å²) < 4.78 is 0. The first-order valence-electron chi connectivity index (χ1n) is 10.3. The van der Waals surface area contributed by atoms with Gasteiger partial charge in [-0.05, 0) is 43.4 Å². The first kappa shape index (κ1) is 16.4. The van der Waals surface area contributed by atoms with Gasteiger partial charge in [0.05, 0.1) is 0 Å². The molecule has 3 aliphatic heterocycles. The van der Waals surface area contributed by atoms with Gasteiger partial charge in [0.15, 0.2) is 0 Å². The summed E-state index contributed by atoms with van der Waals surface area (Å²) in [5, 5.41) is 0. The molecule has 0 aromatic heterocycles. The van der Waals surface area contributed by atoms with E-state index in [-0.39, 0.29) is 0 Å². The topological polar surface area (TPSA) is 40.6 Å². The van der Waals surface area contributed by atoms with Crippen LogP contribution in [0.2, 0.25) is 0 Å². The Balaban J connectivity index is 1.33. The van der Waals surface area contributed by atoms with E-state index >= 15 is 0 Å². The molecule has 0 radical (unpaired) electrons. The number of carbonyl (C=O) groups excluding carboxylic acids is 2. The second-order valence-corrected chi connectivity index (χ2v) is 8.71. The molecule has 4 rings (SSSR count). The molecule has 134 valence electrons. The Morgan fingerprint density at radius 2 is 1.83 bits per heavy atom. The number of hydrogen-bond acceptors (Lipinski definition) is 2. The molecule has 2 bridgehead atoms. The first-order valence-corrected chi connectivity index (χ1v) is 10.3. The Hall–Kier alpha value is -1.06. The van der Waals surface area contributed by atoms with Crippen molar-refractivity contribution in [2.45, 2.75) is 76.7 Å². The predicted molar refractivity (Wildman–Crippen MR) is 93.3 cm³/mol. The van der Waals surface area contributed by atoms with E-state index in [9.17, 15) is 9.59 Å². The van der Waals surface area contributed by atoms with Gasteiger partial charge in [0, 0.05) is 38.5 Å². The van der Waals surface area contributed by atoms with E-state index in [1.165, 1.54) is 38.5 Å². The normalized spacial score (nSPS) is 34.2. The van der Waals surface area contributed by atoms with Crippen LogP contribution in [-0.4, -0.2) is 47.3 Å². The van der Waals surface area contributed by atoms with Crippen LogP contribution < -0.4 is 0 Å². The SMILES string of the molecule is O=C(CCC1CCCCC1)N1C[C@H]2C[C@H](C1)[C@H]1CCCC(=O)N1C2. The van der Waals surface area contributed by atoms with Crippen molar-refractivity contribution < 1.29 is 9.59 Å². The standard InChI is InChI=1S/C20H32N2O2/c23-19(10-9-15-5-2-1-3-6-15)21-12-16-11-17(14-21)18-7-4-8-20(24)22(18)13-16/h15-18H,1-14H2/t16-,17-,18-/m1/s1. The third kappa shape index (κ3) is 3.34. The van der Waals surface area contributed by atoms with E-state index in [1.54, 1.807) is 0 Å². The van der Waals surface area contributed by atoms with Crippen LogP contribution in [0.1, 0.15) is 70.6 Å². The number of fused-ring (bicyclic) bond motifs is 4. The molecule has 0 aromatic rings. The molecule has 2 amide bonds. The van der Waals surface area contributed by atoms with Crippen molar-refractivity contribution in [2.24, 2.45) is 17.8 Å². The smallest absolute Gasteiger partial charge is 0.222 e. The van der Waals surface area contributed by atoms with Crippen molar-refractivity contribution in [3.63, 3.8) is 0 Å². The zero-order chi connectivity index (χ0) is 16.5. The fourth-order valence-electron chi connectivity index (χ4n) is 5.78. The van der Waals surface area contributed by atoms with Gasteiger partial charge in [-0.1, -0.05) is 32.1 Å². The molecule has 4 fully saturated rings. The second-order valence-electron chi connectivity index (χ2n) is 8.71. The molecule has 4 aliphatic rings. The highest BCUT2D eigenvalue weighted by atomic mass is 16.2. The van der Waals surface area contributed by atoms with Crippen molar-refractivity contribution in [3.8, 4) is 0 Å². The summed E-state index contributed by atoms with van der Waals surface area (Å²) >= 11 is 0. The van der Waals surface area contributed by atoms with Gasteiger partial charge in [0.25, 0.3) is 0 Å². The summed E-state index contributed by atoms with van der Waals surface area (Å²) in [5.74, 6) is 2.57. The van der Waals surface area contributed by atoms with Crippen LogP contribution in [0.4, 0.5) is 0 Å². The first-order chi connectivity index (χ1) is 11.7. The van der Waals surface area contributed by atoms with E-state index in [0.717, 1.165) is 57.7 Å². The Kier molecular flexibility index (Phi) is 4.82. The van der Waals surface area contributed by atoms with Gasteiger partial charge in [-0.25, -0.2) is 0 Å². The van der Waals surface area contributed by atoms with E-state index in [2.05, 4.69) is 9.80 Å². The minimum atomic E-state index is 0.359. The molecule has 1 saturated carbocycles. The Morgan fingerprint density at radius 3 is 2.67 bits per heavy atom. The van der Waals surface area contributed by atoms with Crippen LogP contribution in [0.15, 0.2) is 0 Å². The summed E-state index contributed by atoms with van der Waals surface area (Å²) in [4.78, 5) is 29.2. The Morgan fingerprint density at radius 1 is 1.00 bits per heavy atom. The summed E-state index contributed by atoms with van der Waals surface area (Å²) in [6, 6.07) is 0.413. The largest absolute Gasteiger partial charge is 0.342 e. The molecule has 24 heavy (non-hydrogen) atoms. The number of piperidine rings is 3. The van der Waals surface area contributed by atoms with Crippen molar-refractivity contribution in [2.75, 3.05) is 19.6 Å². The number of likely N-dealkylation sites (tertiary alicyclic amines) is 1.